The smallest absolute Gasteiger partial charge is 0.351 e. The molecule has 0 unspecified atom stereocenters. The molecule has 1 saturated heterocycles. The van der Waals surface area contributed by atoms with Crippen LogP contribution in [0.15, 0.2) is 91.3 Å². The Bertz CT molecular complexity index is 1320. The molecule has 0 saturated carbocycles. The topological polar surface area (TPSA) is 33.1 Å². The summed E-state index contributed by atoms with van der Waals surface area (Å²) in [5.41, 5.74) is 2.03. The number of halogens is 4. The number of nitrogens with one attached hydrogen (secondary N) is 1. The second-order valence-electron chi connectivity index (χ2n) is 7.82. The number of rotatable bonds is 4. The number of alkyl halides is 3. The van der Waals surface area contributed by atoms with E-state index in [4.69, 9.17) is 23.8 Å². The van der Waals surface area contributed by atoms with Crippen molar-refractivity contribution in [3.8, 4) is 5.69 Å². The maximum Gasteiger partial charge on any atom is 0.416 e. The summed E-state index contributed by atoms with van der Waals surface area (Å²) in [6.07, 6.45) is -0.985. The lowest BCUT2D eigenvalue weighted by Gasteiger charge is -2.29. The van der Waals surface area contributed by atoms with E-state index in [1.165, 1.54) is 6.07 Å². The van der Waals surface area contributed by atoms with Crippen molar-refractivity contribution in [2.75, 3.05) is 4.90 Å². The van der Waals surface area contributed by atoms with Crippen molar-refractivity contribution in [2.24, 2.45) is 0 Å². The summed E-state index contributed by atoms with van der Waals surface area (Å²) >= 11 is 11.8. The number of aromatic nitrogens is 2. The predicted octanol–water partition coefficient (Wildman–Crippen LogP) is 6.72. The van der Waals surface area contributed by atoms with E-state index in [0.29, 0.717) is 15.8 Å². The van der Waals surface area contributed by atoms with E-state index < -0.39 is 11.7 Å². The third kappa shape index (κ3) is 4.15. The van der Waals surface area contributed by atoms with Gasteiger partial charge in [-0.05, 0) is 78.9 Å². The van der Waals surface area contributed by atoms with Gasteiger partial charge in [0.15, 0.2) is 5.11 Å². The molecule has 3 heterocycles. The van der Waals surface area contributed by atoms with Gasteiger partial charge in [0.25, 0.3) is 0 Å². The summed E-state index contributed by atoms with van der Waals surface area (Å²) < 4.78 is 42.0. The molecule has 9 heteroatoms. The van der Waals surface area contributed by atoms with Crippen LogP contribution in [-0.2, 0) is 6.18 Å². The number of thiocarbonyl (C=S) groups is 1. The molecule has 4 nitrogen and oxygen atoms in total. The van der Waals surface area contributed by atoms with Gasteiger partial charge < -0.3 is 14.8 Å². The normalized spacial score (nSPS) is 18.2. The molecule has 172 valence electrons. The van der Waals surface area contributed by atoms with Crippen molar-refractivity contribution in [3.63, 3.8) is 0 Å². The Morgan fingerprint density at radius 2 is 1.71 bits per heavy atom. The SMILES string of the molecule is FC(F)(F)c1cccc(-n2cccc2[C@H]2[C@H](c3ccccn3)NC(=S)N2c2ccc(Cl)cc2)c1. The highest BCUT2D eigenvalue weighted by Gasteiger charge is 2.42. The zero-order valence-electron chi connectivity index (χ0n) is 17.6. The molecule has 4 aromatic rings. The Balaban J connectivity index is 1.66. The maximum absolute atomic E-state index is 13.4. The second kappa shape index (κ2) is 8.77. The summed E-state index contributed by atoms with van der Waals surface area (Å²) in [5, 5.41) is 4.43. The Hall–Kier alpha value is -3.36. The fourth-order valence-electron chi connectivity index (χ4n) is 4.24. The summed E-state index contributed by atoms with van der Waals surface area (Å²) in [6, 6.07) is 21.2. The fraction of sp³-hybridized carbons (Fsp3) is 0.120. The summed E-state index contributed by atoms with van der Waals surface area (Å²) in [4.78, 5) is 6.47. The van der Waals surface area contributed by atoms with Gasteiger partial charge in [-0.3, -0.25) is 4.98 Å². The van der Waals surface area contributed by atoms with Crippen LogP contribution in [0.1, 0.15) is 29.0 Å². The quantitative estimate of drug-likeness (QED) is 0.317. The first kappa shape index (κ1) is 22.4. The average molecular weight is 499 g/mol. The molecule has 0 radical (unpaired) electrons. The van der Waals surface area contributed by atoms with Crippen molar-refractivity contribution < 1.29 is 13.2 Å². The lowest BCUT2D eigenvalue weighted by molar-refractivity contribution is -0.137. The van der Waals surface area contributed by atoms with Crippen LogP contribution in [0.3, 0.4) is 0 Å². The van der Waals surface area contributed by atoms with E-state index in [0.717, 1.165) is 29.2 Å². The highest BCUT2D eigenvalue weighted by molar-refractivity contribution is 7.80. The molecule has 0 aliphatic carbocycles. The van der Waals surface area contributed by atoms with E-state index in [1.54, 1.807) is 35.2 Å². The zero-order valence-corrected chi connectivity index (χ0v) is 19.1. The van der Waals surface area contributed by atoms with E-state index >= 15 is 0 Å². The Morgan fingerprint density at radius 1 is 0.912 bits per heavy atom. The molecular formula is C25H18ClF3N4S. The lowest BCUT2D eigenvalue weighted by Crippen LogP contribution is -2.30. The minimum absolute atomic E-state index is 0.330. The van der Waals surface area contributed by atoms with Crippen LogP contribution in [0, 0.1) is 0 Å². The van der Waals surface area contributed by atoms with Gasteiger partial charge in [0.2, 0.25) is 0 Å². The largest absolute Gasteiger partial charge is 0.416 e. The first-order valence-corrected chi connectivity index (χ1v) is 11.2. The molecule has 0 amide bonds. The Morgan fingerprint density at radius 3 is 2.41 bits per heavy atom. The van der Waals surface area contributed by atoms with Crippen LogP contribution in [-0.4, -0.2) is 14.7 Å². The zero-order chi connectivity index (χ0) is 23.9. The van der Waals surface area contributed by atoms with Crippen LogP contribution >= 0.6 is 23.8 Å². The first-order chi connectivity index (χ1) is 16.3. The molecule has 5 rings (SSSR count). The summed E-state index contributed by atoms with van der Waals surface area (Å²) in [7, 11) is 0. The van der Waals surface area contributed by atoms with Crippen molar-refractivity contribution in [3.05, 3.63) is 113 Å². The Kier molecular flexibility index (Phi) is 5.79. The van der Waals surface area contributed by atoms with Gasteiger partial charge in [-0.15, -0.1) is 0 Å². The van der Waals surface area contributed by atoms with E-state index in [-0.39, 0.29) is 12.1 Å². The maximum atomic E-state index is 13.4. The van der Waals surface area contributed by atoms with Gasteiger partial charge in [-0.25, -0.2) is 0 Å². The van der Waals surface area contributed by atoms with E-state index in [2.05, 4.69) is 10.3 Å². The van der Waals surface area contributed by atoms with Crippen molar-refractivity contribution in [2.45, 2.75) is 18.3 Å². The minimum Gasteiger partial charge on any atom is -0.351 e. The number of pyridine rings is 1. The summed E-state index contributed by atoms with van der Waals surface area (Å²) in [5.74, 6) is 0. The van der Waals surface area contributed by atoms with Crippen LogP contribution in [0.25, 0.3) is 5.69 Å². The molecule has 2 aromatic carbocycles. The van der Waals surface area contributed by atoms with Crippen LogP contribution < -0.4 is 10.2 Å². The van der Waals surface area contributed by atoms with Crippen LogP contribution in [0.5, 0.6) is 0 Å². The number of hydrogen-bond acceptors (Lipinski definition) is 2. The molecule has 0 bridgehead atoms. The number of anilines is 1. The summed E-state index contributed by atoms with van der Waals surface area (Å²) in [6.45, 7) is 0. The minimum atomic E-state index is -4.44. The second-order valence-corrected chi connectivity index (χ2v) is 8.65. The first-order valence-electron chi connectivity index (χ1n) is 10.4. The average Bonchev–Trinajstić information content (AvgIpc) is 3.44. The molecule has 2 aromatic heterocycles. The molecular weight excluding hydrogens is 481 g/mol. The standard InChI is InChI=1S/C25H18ClF3N4S/c26-17-9-11-18(12-10-17)33-23(22(31-24(33)34)20-7-1-2-13-30-20)21-8-4-14-32(21)19-6-3-5-16(15-19)25(27,28)29/h1-15,22-23H,(H,31,34)/t22-,23-/m0/s1. The molecule has 1 aliphatic rings. The predicted molar refractivity (Wildman–Crippen MR) is 130 cm³/mol. The van der Waals surface area contributed by atoms with E-state index in [9.17, 15) is 13.2 Å². The van der Waals surface area contributed by atoms with Crippen LogP contribution in [0.4, 0.5) is 18.9 Å². The van der Waals surface area contributed by atoms with Gasteiger partial charge in [-0.2, -0.15) is 13.2 Å². The van der Waals surface area contributed by atoms with Gasteiger partial charge in [0.05, 0.1) is 17.3 Å². The highest BCUT2D eigenvalue weighted by atomic mass is 35.5. The third-order valence-electron chi connectivity index (χ3n) is 5.74. The molecule has 1 N–H and O–H groups in total. The van der Waals surface area contributed by atoms with Gasteiger partial charge in [0.1, 0.15) is 6.04 Å². The van der Waals surface area contributed by atoms with Crippen molar-refractivity contribution in [1.29, 1.82) is 0 Å². The molecule has 1 aliphatic heterocycles. The van der Waals surface area contributed by atoms with Crippen molar-refractivity contribution >= 4 is 34.6 Å². The van der Waals surface area contributed by atoms with Gasteiger partial charge in [-0.1, -0.05) is 23.7 Å². The fourth-order valence-corrected chi connectivity index (χ4v) is 4.71. The van der Waals surface area contributed by atoms with Crippen LogP contribution in [0.2, 0.25) is 5.02 Å². The highest BCUT2D eigenvalue weighted by Crippen LogP contribution is 2.42. The van der Waals surface area contributed by atoms with E-state index in [1.807, 2.05) is 47.4 Å². The molecule has 34 heavy (non-hydrogen) atoms. The Labute approximate surface area is 204 Å². The number of hydrogen-bond donors (Lipinski definition) is 1. The number of nitrogens with zero attached hydrogens (tertiary/aromatic N) is 3. The molecule has 2 atom stereocenters. The van der Waals surface area contributed by atoms with Crippen molar-refractivity contribution in [1.82, 2.24) is 14.9 Å². The number of benzene rings is 2. The molecule has 1 fully saturated rings. The van der Waals surface area contributed by atoms with Gasteiger partial charge in [0, 0.05) is 34.5 Å². The lowest BCUT2D eigenvalue weighted by atomic mass is 10.0. The third-order valence-corrected chi connectivity index (χ3v) is 6.30. The molecule has 0 spiro atoms. The monoisotopic (exact) mass is 498 g/mol. The van der Waals surface area contributed by atoms with Gasteiger partial charge >= 0.3 is 6.18 Å².